The van der Waals surface area contributed by atoms with Crippen molar-refractivity contribution < 1.29 is 0 Å². The van der Waals surface area contributed by atoms with Gasteiger partial charge in [-0.05, 0) is 39.0 Å². The summed E-state index contributed by atoms with van der Waals surface area (Å²) in [5.74, 6) is 0. The topological polar surface area (TPSA) is 3.24 Å². The zero-order valence-corrected chi connectivity index (χ0v) is 10.1. The fourth-order valence-corrected chi connectivity index (χ4v) is 3.84. The van der Waals surface area contributed by atoms with Crippen molar-refractivity contribution in [2.24, 2.45) is 0 Å². The number of rotatable bonds is 3. The highest BCUT2D eigenvalue weighted by Gasteiger charge is 2.41. The van der Waals surface area contributed by atoms with Crippen LogP contribution in [-0.2, 0) is 0 Å². The third kappa shape index (κ3) is 1.94. The monoisotopic (exact) mass is 215 g/mol. The van der Waals surface area contributed by atoms with Gasteiger partial charge in [0.05, 0.1) is 0 Å². The van der Waals surface area contributed by atoms with E-state index in [1.165, 1.54) is 38.5 Å². The lowest BCUT2D eigenvalue weighted by Gasteiger charge is -2.41. The molecule has 1 nitrogen and oxygen atoms in total. The summed E-state index contributed by atoms with van der Waals surface area (Å²) in [4.78, 5) is 2.77. The Balaban J connectivity index is 1.99. The van der Waals surface area contributed by atoms with Crippen molar-refractivity contribution in [2.45, 2.75) is 75.9 Å². The minimum atomic E-state index is 0.456. The van der Waals surface area contributed by atoms with Crippen molar-refractivity contribution in [3.05, 3.63) is 0 Å². The van der Waals surface area contributed by atoms with Crippen LogP contribution in [0.3, 0.4) is 0 Å². The van der Waals surface area contributed by atoms with E-state index in [-0.39, 0.29) is 0 Å². The van der Waals surface area contributed by atoms with Gasteiger partial charge >= 0.3 is 0 Å². The molecule has 2 heteroatoms. The minimum absolute atomic E-state index is 0.456. The fraction of sp³-hybridized carbons (Fsp3) is 1.00. The maximum atomic E-state index is 6.27. The third-order valence-corrected chi connectivity index (χ3v) is 4.30. The van der Waals surface area contributed by atoms with Gasteiger partial charge in [-0.3, -0.25) is 4.90 Å². The van der Waals surface area contributed by atoms with Crippen LogP contribution in [-0.4, -0.2) is 28.4 Å². The van der Waals surface area contributed by atoms with E-state index in [4.69, 9.17) is 11.6 Å². The van der Waals surface area contributed by atoms with Crippen LogP contribution in [0, 0.1) is 0 Å². The van der Waals surface area contributed by atoms with E-state index in [0.717, 1.165) is 18.1 Å². The molecule has 14 heavy (non-hydrogen) atoms. The second kappa shape index (κ2) is 4.40. The molecule has 2 heterocycles. The molecule has 0 saturated carbocycles. The molecule has 2 fully saturated rings. The van der Waals surface area contributed by atoms with Crippen LogP contribution in [0.15, 0.2) is 0 Å². The summed E-state index contributed by atoms with van der Waals surface area (Å²) in [5.41, 5.74) is 0. The van der Waals surface area contributed by atoms with Crippen molar-refractivity contribution in [2.75, 3.05) is 0 Å². The maximum absolute atomic E-state index is 6.27. The largest absolute Gasteiger partial charge is 0.295 e. The van der Waals surface area contributed by atoms with Gasteiger partial charge in [-0.15, -0.1) is 11.6 Å². The van der Waals surface area contributed by atoms with Gasteiger partial charge in [0, 0.05) is 23.5 Å². The summed E-state index contributed by atoms with van der Waals surface area (Å²) in [6.07, 6.45) is 7.89. The molecule has 0 amide bonds. The predicted octanol–water partition coefficient (Wildman–Crippen LogP) is 3.41. The van der Waals surface area contributed by atoms with E-state index in [9.17, 15) is 0 Å². The van der Waals surface area contributed by atoms with E-state index in [1.54, 1.807) is 0 Å². The molecule has 3 unspecified atom stereocenters. The van der Waals surface area contributed by atoms with Crippen LogP contribution in [0.1, 0.15) is 52.4 Å². The summed E-state index contributed by atoms with van der Waals surface area (Å²) in [6.45, 7) is 4.68. The Morgan fingerprint density at radius 2 is 1.86 bits per heavy atom. The maximum Gasteiger partial charge on any atom is 0.0365 e. The molecular formula is C12H22ClN. The first-order chi connectivity index (χ1) is 6.72. The van der Waals surface area contributed by atoms with Gasteiger partial charge in [-0.2, -0.15) is 0 Å². The number of hydrogen-bond donors (Lipinski definition) is 0. The van der Waals surface area contributed by atoms with Crippen LogP contribution < -0.4 is 0 Å². The molecule has 3 atom stereocenters. The Labute approximate surface area is 92.8 Å². The summed E-state index contributed by atoms with van der Waals surface area (Å²) in [7, 11) is 0. The van der Waals surface area contributed by atoms with Gasteiger partial charge in [-0.25, -0.2) is 0 Å². The van der Waals surface area contributed by atoms with E-state index in [1.807, 2.05) is 0 Å². The lowest BCUT2D eigenvalue weighted by Crippen LogP contribution is -2.48. The van der Waals surface area contributed by atoms with Crippen molar-refractivity contribution in [3.8, 4) is 0 Å². The highest BCUT2D eigenvalue weighted by atomic mass is 35.5. The number of fused-ring (bicyclic) bond motifs is 2. The molecule has 2 rings (SSSR count). The van der Waals surface area contributed by atoms with E-state index in [0.29, 0.717) is 5.38 Å². The van der Waals surface area contributed by atoms with Gasteiger partial charge in [-0.1, -0.05) is 13.3 Å². The number of halogens is 1. The average molecular weight is 216 g/mol. The molecule has 0 aliphatic carbocycles. The summed E-state index contributed by atoms with van der Waals surface area (Å²) in [5, 5.41) is 0.456. The molecule has 2 aliphatic rings. The lowest BCUT2D eigenvalue weighted by atomic mass is 9.98. The number of hydrogen-bond acceptors (Lipinski definition) is 1. The summed E-state index contributed by atoms with van der Waals surface area (Å²) in [6, 6.07) is 2.39. The van der Waals surface area contributed by atoms with Crippen molar-refractivity contribution in [1.82, 2.24) is 4.90 Å². The highest BCUT2D eigenvalue weighted by molar-refractivity contribution is 6.20. The molecule has 2 aliphatic heterocycles. The number of piperidine rings is 1. The molecule has 0 aromatic heterocycles. The first-order valence-electron chi connectivity index (χ1n) is 6.14. The molecule has 0 aromatic carbocycles. The van der Waals surface area contributed by atoms with E-state index < -0.39 is 0 Å². The number of alkyl halides is 1. The summed E-state index contributed by atoms with van der Waals surface area (Å²) >= 11 is 6.27. The summed E-state index contributed by atoms with van der Waals surface area (Å²) < 4.78 is 0. The zero-order valence-electron chi connectivity index (χ0n) is 9.38. The van der Waals surface area contributed by atoms with Crippen molar-refractivity contribution in [1.29, 1.82) is 0 Å². The van der Waals surface area contributed by atoms with Gasteiger partial charge in [0.15, 0.2) is 0 Å². The first kappa shape index (κ1) is 10.8. The van der Waals surface area contributed by atoms with Crippen molar-refractivity contribution >= 4 is 11.6 Å². The Morgan fingerprint density at radius 3 is 2.36 bits per heavy atom. The van der Waals surface area contributed by atoms with Crippen LogP contribution in [0.25, 0.3) is 0 Å². The van der Waals surface area contributed by atoms with Crippen molar-refractivity contribution in [3.63, 3.8) is 0 Å². The standard InChI is InChI=1S/C12H22ClN/c1-3-4-9(2)14-11-5-6-12(14)8-10(13)7-11/h9-12H,3-8H2,1-2H3. The zero-order chi connectivity index (χ0) is 10.1. The smallest absolute Gasteiger partial charge is 0.0365 e. The Morgan fingerprint density at radius 1 is 1.29 bits per heavy atom. The quantitative estimate of drug-likeness (QED) is 0.653. The first-order valence-corrected chi connectivity index (χ1v) is 6.57. The van der Waals surface area contributed by atoms with Crippen LogP contribution >= 0.6 is 11.6 Å². The van der Waals surface area contributed by atoms with Gasteiger partial charge in [0.1, 0.15) is 0 Å². The molecule has 2 bridgehead atoms. The van der Waals surface area contributed by atoms with E-state index in [2.05, 4.69) is 18.7 Å². The van der Waals surface area contributed by atoms with Crippen LogP contribution in [0.4, 0.5) is 0 Å². The fourth-order valence-electron chi connectivity index (χ4n) is 3.43. The molecule has 0 aromatic rings. The SMILES string of the molecule is CCCC(C)N1C2CCC1CC(Cl)C2. The molecular weight excluding hydrogens is 194 g/mol. The second-order valence-corrected chi connectivity index (χ2v) is 5.66. The van der Waals surface area contributed by atoms with Gasteiger partial charge in [0.25, 0.3) is 0 Å². The molecule has 2 saturated heterocycles. The Kier molecular flexibility index (Phi) is 3.38. The Hall–Kier alpha value is 0.250. The van der Waals surface area contributed by atoms with Gasteiger partial charge in [0.2, 0.25) is 0 Å². The highest BCUT2D eigenvalue weighted by Crippen LogP contribution is 2.39. The lowest BCUT2D eigenvalue weighted by molar-refractivity contribution is 0.0921. The normalized spacial score (nSPS) is 40.1. The molecule has 82 valence electrons. The minimum Gasteiger partial charge on any atom is -0.295 e. The molecule has 0 radical (unpaired) electrons. The van der Waals surface area contributed by atoms with Crippen LogP contribution in [0.2, 0.25) is 0 Å². The van der Waals surface area contributed by atoms with Crippen LogP contribution in [0.5, 0.6) is 0 Å². The average Bonchev–Trinajstić information content (AvgIpc) is 2.39. The Bertz CT molecular complexity index is 181. The van der Waals surface area contributed by atoms with E-state index >= 15 is 0 Å². The predicted molar refractivity (Wildman–Crippen MR) is 61.9 cm³/mol. The molecule has 0 spiro atoms. The second-order valence-electron chi connectivity index (χ2n) is 5.04. The molecule has 0 N–H and O–H groups in total. The third-order valence-electron chi connectivity index (χ3n) is 3.95. The van der Waals surface area contributed by atoms with Gasteiger partial charge < -0.3 is 0 Å². The number of nitrogens with zero attached hydrogens (tertiary/aromatic N) is 1.